The van der Waals surface area contributed by atoms with Crippen LogP contribution in [0.5, 0.6) is 0 Å². The van der Waals surface area contributed by atoms with Crippen molar-refractivity contribution < 1.29 is 9.59 Å². The number of aryl methyl sites for hydroxylation is 1. The number of para-hydroxylation sites is 1. The fraction of sp³-hybridized carbons (Fsp3) is 0.190. The summed E-state index contributed by atoms with van der Waals surface area (Å²) in [6.07, 6.45) is 3.70. The highest BCUT2D eigenvalue weighted by molar-refractivity contribution is 9.10. The molecular weight excluding hydrogens is 456 g/mol. The molecule has 0 saturated carbocycles. The minimum absolute atomic E-state index is 0.0329. The molecule has 0 bridgehead atoms. The first-order valence-corrected chi connectivity index (χ1v) is 10.9. The molecule has 0 radical (unpaired) electrons. The molecule has 142 valence electrons. The van der Waals surface area contributed by atoms with Crippen LogP contribution in [0.2, 0.25) is 0 Å². The maximum Gasteiger partial charge on any atom is 0.266 e. The number of nitrogens with zero attached hydrogens (tertiary/aromatic N) is 2. The quantitative estimate of drug-likeness (QED) is 0.482. The Balaban J connectivity index is 1.52. The molecule has 1 saturated heterocycles. The molecule has 1 fully saturated rings. The summed E-state index contributed by atoms with van der Waals surface area (Å²) >= 11 is 10.1. The minimum atomic E-state index is -0.214. The van der Waals surface area contributed by atoms with Crippen LogP contribution in [0.4, 0.5) is 5.69 Å². The van der Waals surface area contributed by atoms with E-state index >= 15 is 0 Å². The Bertz CT molecular complexity index is 1010. The van der Waals surface area contributed by atoms with E-state index in [4.69, 9.17) is 12.2 Å². The van der Waals surface area contributed by atoms with Gasteiger partial charge in [0.05, 0.1) is 4.91 Å². The average molecular weight is 473 g/mol. The number of thiocarbonyl (C=S) groups is 1. The van der Waals surface area contributed by atoms with Crippen LogP contribution >= 0.6 is 39.9 Å². The number of halogens is 1. The Kier molecular flexibility index (Phi) is 5.66. The predicted octanol–water partition coefficient (Wildman–Crippen LogP) is 4.63. The minimum Gasteiger partial charge on any atom is -0.311 e. The number of benzene rings is 2. The van der Waals surface area contributed by atoms with Crippen molar-refractivity contribution in [2.24, 2.45) is 0 Å². The third-order valence-electron chi connectivity index (χ3n) is 4.72. The number of fused-ring (bicyclic) bond motifs is 1. The Morgan fingerprint density at radius 1 is 1.21 bits per heavy atom. The van der Waals surface area contributed by atoms with E-state index in [1.165, 1.54) is 22.2 Å². The summed E-state index contributed by atoms with van der Waals surface area (Å²) in [6, 6.07) is 15.6. The summed E-state index contributed by atoms with van der Waals surface area (Å²) < 4.78 is 1.36. The molecule has 2 amide bonds. The summed E-state index contributed by atoms with van der Waals surface area (Å²) in [6.45, 7) is 0.632. The Morgan fingerprint density at radius 3 is 2.86 bits per heavy atom. The fourth-order valence-corrected chi connectivity index (χ4v) is 5.07. The van der Waals surface area contributed by atoms with Crippen molar-refractivity contribution in [3.05, 3.63) is 69.0 Å². The Morgan fingerprint density at radius 2 is 2.04 bits per heavy atom. The van der Waals surface area contributed by atoms with Crippen LogP contribution in [0.3, 0.4) is 0 Å². The highest BCUT2D eigenvalue weighted by Gasteiger charge is 2.35. The summed E-state index contributed by atoms with van der Waals surface area (Å²) in [5, 5.41) is 0. The maximum absolute atomic E-state index is 13.0. The van der Waals surface area contributed by atoms with Gasteiger partial charge in [0.1, 0.15) is 10.9 Å². The van der Waals surface area contributed by atoms with Gasteiger partial charge in [-0.25, -0.2) is 0 Å². The van der Waals surface area contributed by atoms with Gasteiger partial charge >= 0.3 is 0 Å². The zero-order valence-corrected chi connectivity index (χ0v) is 18.1. The van der Waals surface area contributed by atoms with Crippen LogP contribution in [0.1, 0.15) is 17.5 Å². The van der Waals surface area contributed by atoms with E-state index in [0.29, 0.717) is 15.8 Å². The lowest BCUT2D eigenvalue weighted by Gasteiger charge is -2.30. The zero-order chi connectivity index (χ0) is 19.7. The molecule has 0 aromatic heterocycles. The van der Waals surface area contributed by atoms with E-state index in [2.05, 4.69) is 22.0 Å². The van der Waals surface area contributed by atoms with Crippen LogP contribution in [-0.4, -0.2) is 34.1 Å². The lowest BCUT2D eigenvalue weighted by Crippen LogP contribution is -2.44. The molecule has 4 nitrogen and oxygen atoms in total. The molecule has 2 aliphatic rings. The van der Waals surface area contributed by atoms with Crippen molar-refractivity contribution in [1.29, 1.82) is 0 Å². The largest absolute Gasteiger partial charge is 0.311 e. The fourth-order valence-electron chi connectivity index (χ4n) is 3.40. The second kappa shape index (κ2) is 8.19. The first-order valence-electron chi connectivity index (χ1n) is 8.92. The number of thioether (sulfide) groups is 1. The second-order valence-electron chi connectivity index (χ2n) is 6.60. The second-order valence-corrected chi connectivity index (χ2v) is 9.19. The van der Waals surface area contributed by atoms with E-state index < -0.39 is 0 Å². The highest BCUT2D eigenvalue weighted by atomic mass is 79.9. The van der Waals surface area contributed by atoms with Gasteiger partial charge in [-0.1, -0.05) is 70.2 Å². The standard InChI is InChI=1S/C21H17BrN2O2S2/c22-16-8-3-5-14(11-16)12-18-20(26)24(21(27)28-18)13-19(25)23-10-4-7-15-6-1-2-9-17(15)23/h1-3,5-6,8-9,11-12H,4,7,10,13H2/b18-12-. The van der Waals surface area contributed by atoms with Crippen LogP contribution < -0.4 is 4.90 Å². The van der Waals surface area contributed by atoms with Crippen molar-refractivity contribution in [2.45, 2.75) is 12.8 Å². The first-order chi connectivity index (χ1) is 13.5. The number of carbonyl (C=O) groups excluding carboxylic acids is 2. The average Bonchev–Trinajstić information content (AvgIpc) is 2.95. The van der Waals surface area contributed by atoms with Crippen LogP contribution in [0.25, 0.3) is 6.08 Å². The van der Waals surface area contributed by atoms with E-state index in [0.717, 1.165) is 28.6 Å². The summed E-state index contributed by atoms with van der Waals surface area (Å²) in [4.78, 5) is 29.5. The van der Waals surface area contributed by atoms with Gasteiger partial charge in [0.2, 0.25) is 5.91 Å². The molecule has 0 N–H and O–H groups in total. The van der Waals surface area contributed by atoms with Crippen molar-refractivity contribution in [3.63, 3.8) is 0 Å². The Labute approximate surface area is 181 Å². The normalized spacial score (nSPS) is 18.0. The lowest BCUT2D eigenvalue weighted by atomic mass is 10.0. The molecule has 0 aliphatic carbocycles. The van der Waals surface area contributed by atoms with Gasteiger partial charge in [0.15, 0.2) is 0 Å². The predicted molar refractivity (Wildman–Crippen MR) is 121 cm³/mol. The molecule has 2 aromatic carbocycles. The molecule has 0 atom stereocenters. The summed E-state index contributed by atoms with van der Waals surface area (Å²) in [5.41, 5.74) is 3.02. The molecule has 4 rings (SSSR count). The van der Waals surface area contributed by atoms with Crippen molar-refractivity contribution >= 4 is 67.8 Å². The van der Waals surface area contributed by atoms with Gasteiger partial charge < -0.3 is 4.90 Å². The van der Waals surface area contributed by atoms with Gasteiger partial charge in [-0.3, -0.25) is 14.5 Å². The van der Waals surface area contributed by atoms with Gasteiger partial charge in [0, 0.05) is 16.7 Å². The molecule has 2 aromatic rings. The van der Waals surface area contributed by atoms with Crippen LogP contribution in [0, 0.1) is 0 Å². The number of anilines is 1. The van der Waals surface area contributed by atoms with E-state index in [-0.39, 0.29) is 18.4 Å². The molecule has 28 heavy (non-hydrogen) atoms. The third kappa shape index (κ3) is 3.92. The third-order valence-corrected chi connectivity index (χ3v) is 6.60. The lowest BCUT2D eigenvalue weighted by molar-refractivity contribution is -0.127. The number of rotatable bonds is 3. The van der Waals surface area contributed by atoms with E-state index in [1.54, 1.807) is 4.90 Å². The number of hydrogen-bond acceptors (Lipinski definition) is 4. The molecule has 2 aliphatic heterocycles. The molecular formula is C21H17BrN2O2S2. The summed E-state index contributed by atoms with van der Waals surface area (Å²) in [5.74, 6) is -0.319. The van der Waals surface area contributed by atoms with Crippen LogP contribution in [0.15, 0.2) is 57.9 Å². The number of hydrogen-bond donors (Lipinski definition) is 0. The van der Waals surface area contributed by atoms with Crippen molar-refractivity contribution in [2.75, 3.05) is 18.0 Å². The smallest absolute Gasteiger partial charge is 0.266 e. The monoisotopic (exact) mass is 472 g/mol. The highest BCUT2D eigenvalue weighted by Crippen LogP contribution is 2.33. The molecule has 7 heteroatoms. The van der Waals surface area contributed by atoms with Gasteiger partial charge in [-0.05, 0) is 48.2 Å². The van der Waals surface area contributed by atoms with Gasteiger partial charge in [-0.2, -0.15) is 0 Å². The molecule has 0 spiro atoms. The summed E-state index contributed by atoms with van der Waals surface area (Å²) in [7, 11) is 0. The number of amides is 2. The van der Waals surface area contributed by atoms with Gasteiger partial charge in [0.25, 0.3) is 5.91 Å². The first kappa shape index (κ1) is 19.4. The van der Waals surface area contributed by atoms with E-state index in [9.17, 15) is 9.59 Å². The molecule has 0 unspecified atom stereocenters. The van der Waals surface area contributed by atoms with Crippen LogP contribution in [-0.2, 0) is 16.0 Å². The van der Waals surface area contributed by atoms with E-state index in [1.807, 2.05) is 48.5 Å². The van der Waals surface area contributed by atoms with Gasteiger partial charge in [-0.15, -0.1) is 0 Å². The maximum atomic E-state index is 13.0. The zero-order valence-electron chi connectivity index (χ0n) is 14.9. The van der Waals surface area contributed by atoms with Crippen molar-refractivity contribution in [1.82, 2.24) is 4.90 Å². The number of carbonyl (C=O) groups is 2. The van der Waals surface area contributed by atoms with Crippen molar-refractivity contribution in [3.8, 4) is 0 Å². The topological polar surface area (TPSA) is 40.6 Å². The SMILES string of the molecule is O=C1/C(=C/c2cccc(Br)c2)SC(=S)N1CC(=O)N1CCCc2ccccc21. The Hall–Kier alpha value is -1.96. The molecule has 2 heterocycles.